The quantitative estimate of drug-likeness (QED) is 0.501. The number of aromatic nitrogens is 2. The lowest BCUT2D eigenvalue weighted by atomic mass is 10.0. The van der Waals surface area contributed by atoms with Crippen molar-refractivity contribution in [2.75, 3.05) is 5.32 Å². The van der Waals surface area contributed by atoms with Gasteiger partial charge in [-0.15, -0.1) is 0 Å². The molecule has 1 aliphatic carbocycles. The first kappa shape index (κ1) is 20.4. The first-order valence-corrected chi connectivity index (χ1v) is 11.0. The van der Waals surface area contributed by atoms with Crippen LogP contribution in [0.4, 0.5) is 5.82 Å². The van der Waals surface area contributed by atoms with E-state index in [-0.39, 0.29) is 11.9 Å². The van der Waals surface area contributed by atoms with Crippen molar-refractivity contribution in [3.05, 3.63) is 71.8 Å². The van der Waals surface area contributed by atoms with E-state index in [1.165, 1.54) is 11.1 Å². The van der Waals surface area contributed by atoms with Gasteiger partial charge in [-0.3, -0.25) is 9.89 Å². The number of nitrogens with one attached hydrogen (secondary N) is 3. The lowest BCUT2D eigenvalue weighted by molar-refractivity contribution is -0.118. The molecule has 0 saturated carbocycles. The molecule has 156 valence electrons. The Morgan fingerprint density at radius 2 is 1.90 bits per heavy atom. The summed E-state index contributed by atoms with van der Waals surface area (Å²) in [5.74, 6) is 0.550. The maximum absolute atomic E-state index is 13.0. The van der Waals surface area contributed by atoms with Gasteiger partial charge in [0.2, 0.25) is 5.91 Å². The molecule has 1 amide bonds. The molecule has 0 fully saturated rings. The number of hydrogen-bond acceptors (Lipinski definition) is 3. The highest BCUT2D eigenvalue weighted by Gasteiger charge is 2.24. The Balaban J connectivity index is 1.41. The van der Waals surface area contributed by atoms with Crippen molar-refractivity contribution < 1.29 is 4.79 Å². The summed E-state index contributed by atoms with van der Waals surface area (Å²) in [4.78, 5) is 13.0. The molecular formula is C25H30N4O. The number of nitrogens with zero attached hydrogens (tertiary/aromatic N) is 1. The molecule has 0 saturated heterocycles. The highest BCUT2D eigenvalue weighted by Crippen LogP contribution is 2.22. The van der Waals surface area contributed by atoms with Crippen LogP contribution in [0.2, 0.25) is 0 Å². The molecule has 30 heavy (non-hydrogen) atoms. The minimum absolute atomic E-state index is 0.0134. The summed E-state index contributed by atoms with van der Waals surface area (Å²) in [7, 11) is 0. The van der Waals surface area contributed by atoms with Gasteiger partial charge in [0.15, 0.2) is 5.82 Å². The number of aromatic amines is 1. The number of H-pyrrole nitrogens is 1. The minimum atomic E-state index is -0.220. The number of anilines is 1. The van der Waals surface area contributed by atoms with Gasteiger partial charge in [-0.25, -0.2) is 0 Å². The summed E-state index contributed by atoms with van der Waals surface area (Å²) in [6.07, 6.45) is 6.08. The molecule has 5 heteroatoms. The molecule has 1 heterocycles. The van der Waals surface area contributed by atoms with E-state index >= 15 is 0 Å². The second kappa shape index (κ2) is 9.72. The number of benzene rings is 2. The molecular weight excluding hydrogens is 372 g/mol. The number of carbonyl (C=O) groups excluding carboxylic acids is 1. The predicted octanol–water partition coefficient (Wildman–Crippen LogP) is 4.72. The molecule has 2 aromatic carbocycles. The Bertz CT molecular complexity index is 966. The van der Waals surface area contributed by atoms with Crippen LogP contribution >= 0.6 is 0 Å². The third-order valence-electron chi connectivity index (χ3n) is 5.83. The number of hydrogen-bond donors (Lipinski definition) is 3. The van der Waals surface area contributed by atoms with Gasteiger partial charge in [-0.2, -0.15) is 5.10 Å². The highest BCUT2D eigenvalue weighted by molar-refractivity contribution is 5.94. The normalized spacial score (nSPS) is 17.0. The smallest absolute Gasteiger partial charge is 0.242 e. The van der Waals surface area contributed by atoms with E-state index in [0.717, 1.165) is 49.8 Å². The minimum Gasteiger partial charge on any atom is -0.308 e. The second-order valence-corrected chi connectivity index (χ2v) is 8.09. The summed E-state index contributed by atoms with van der Waals surface area (Å²) >= 11 is 0. The maximum Gasteiger partial charge on any atom is 0.242 e. The molecule has 4 rings (SSSR count). The Hall–Kier alpha value is -2.92. The Kier molecular flexibility index (Phi) is 6.60. The van der Waals surface area contributed by atoms with Crippen molar-refractivity contribution in [2.24, 2.45) is 0 Å². The zero-order valence-electron chi connectivity index (χ0n) is 17.5. The lowest BCUT2D eigenvalue weighted by Crippen LogP contribution is -2.46. The lowest BCUT2D eigenvalue weighted by Gasteiger charge is -2.24. The van der Waals surface area contributed by atoms with Gasteiger partial charge in [0.25, 0.3) is 0 Å². The predicted molar refractivity (Wildman–Crippen MR) is 121 cm³/mol. The standard InChI is InChI=1S/C25H30N4O/c1-2-9-22(26-21-15-8-14-18-10-6-7-13-20(18)16-21)25(30)27-24-17-23(28-29-24)19-11-4-3-5-12-19/h3-7,10-13,17,21-22,26H,2,8-9,14-16H2,1H3,(H2,27,28,29,30)/t21?,22-/m0/s1. The first-order valence-electron chi connectivity index (χ1n) is 11.0. The van der Waals surface area contributed by atoms with Gasteiger partial charge in [0.05, 0.1) is 11.7 Å². The van der Waals surface area contributed by atoms with Gasteiger partial charge in [-0.05, 0) is 48.8 Å². The molecule has 3 aromatic rings. The fourth-order valence-electron chi connectivity index (χ4n) is 4.28. The second-order valence-electron chi connectivity index (χ2n) is 8.09. The van der Waals surface area contributed by atoms with Gasteiger partial charge in [0.1, 0.15) is 0 Å². The molecule has 0 bridgehead atoms. The summed E-state index contributed by atoms with van der Waals surface area (Å²) in [5, 5.41) is 13.9. The van der Waals surface area contributed by atoms with Crippen LogP contribution in [0, 0.1) is 0 Å². The van der Waals surface area contributed by atoms with Crippen molar-refractivity contribution in [3.63, 3.8) is 0 Å². The zero-order valence-corrected chi connectivity index (χ0v) is 17.5. The average Bonchev–Trinajstić information content (AvgIpc) is 3.13. The van der Waals surface area contributed by atoms with E-state index in [2.05, 4.69) is 52.0 Å². The van der Waals surface area contributed by atoms with Crippen molar-refractivity contribution in [2.45, 2.75) is 57.5 Å². The molecule has 1 aliphatic rings. The summed E-state index contributed by atoms with van der Waals surface area (Å²) in [5.41, 5.74) is 4.79. The average molecular weight is 403 g/mol. The van der Waals surface area contributed by atoms with Gasteiger partial charge >= 0.3 is 0 Å². The topological polar surface area (TPSA) is 69.8 Å². The number of carbonyl (C=O) groups is 1. The number of rotatable bonds is 7. The molecule has 3 N–H and O–H groups in total. The van der Waals surface area contributed by atoms with Crippen LogP contribution in [-0.2, 0) is 17.6 Å². The number of fused-ring (bicyclic) bond motifs is 1. The summed E-state index contributed by atoms with van der Waals surface area (Å²) in [6, 6.07) is 20.7. The molecule has 0 aliphatic heterocycles. The van der Waals surface area contributed by atoms with E-state index in [1.54, 1.807) is 0 Å². The van der Waals surface area contributed by atoms with E-state index in [1.807, 2.05) is 36.4 Å². The number of aryl methyl sites for hydroxylation is 1. The molecule has 0 spiro atoms. The van der Waals surface area contributed by atoms with Gasteiger partial charge < -0.3 is 10.6 Å². The van der Waals surface area contributed by atoms with Crippen molar-refractivity contribution in [1.82, 2.24) is 15.5 Å². The monoisotopic (exact) mass is 402 g/mol. The Morgan fingerprint density at radius 1 is 1.13 bits per heavy atom. The van der Waals surface area contributed by atoms with Gasteiger partial charge in [-0.1, -0.05) is 67.9 Å². The fraction of sp³-hybridized carbons (Fsp3) is 0.360. The van der Waals surface area contributed by atoms with Crippen LogP contribution in [0.1, 0.15) is 43.7 Å². The van der Waals surface area contributed by atoms with Crippen LogP contribution in [-0.4, -0.2) is 28.2 Å². The molecule has 2 atom stereocenters. The van der Waals surface area contributed by atoms with Crippen LogP contribution in [0.15, 0.2) is 60.7 Å². The SMILES string of the molecule is CCC[C@H](NC1CCCc2ccccc2C1)C(=O)Nc1cc(-c2ccccc2)[nH]n1. The molecule has 0 radical (unpaired) electrons. The molecule has 1 unspecified atom stereocenters. The van der Waals surface area contributed by atoms with Crippen molar-refractivity contribution >= 4 is 11.7 Å². The highest BCUT2D eigenvalue weighted by atomic mass is 16.2. The maximum atomic E-state index is 13.0. The third kappa shape index (κ3) is 4.97. The Morgan fingerprint density at radius 3 is 2.70 bits per heavy atom. The van der Waals surface area contributed by atoms with E-state index < -0.39 is 0 Å². The Labute approximate surface area is 178 Å². The third-order valence-corrected chi connectivity index (χ3v) is 5.83. The largest absolute Gasteiger partial charge is 0.308 e. The number of amides is 1. The van der Waals surface area contributed by atoms with Crippen LogP contribution in [0.5, 0.6) is 0 Å². The zero-order chi connectivity index (χ0) is 20.8. The first-order chi connectivity index (χ1) is 14.7. The molecule has 1 aromatic heterocycles. The van der Waals surface area contributed by atoms with Crippen LogP contribution in [0.3, 0.4) is 0 Å². The molecule has 5 nitrogen and oxygen atoms in total. The van der Waals surface area contributed by atoms with Crippen LogP contribution in [0.25, 0.3) is 11.3 Å². The van der Waals surface area contributed by atoms with Gasteiger partial charge in [0, 0.05) is 12.1 Å². The van der Waals surface area contributed by atoms with E-state index in [4.69, 9.17) is 0 Å². The van der Waals surface area contributed by atoms with Crippen LogP contribution < -0.4 is 10.6 Å². The van der Waals surface area contributed by atoms with Crippen molar-refractivity contribution in [3.8, 4) is 11.3 Å². The van der Waals surface area contributed by atoms with E-state index in [0.29, 0.717) is 11.9 Å². The summed E-state index contributed by atoms with van der Waals surface area (Å²) in [6.45, 7) is 2.12. The van der Waals surface area contributed by atoms with E-state index in [9.17, 15) is 4.79 Å². The van der Waals surface area contributed by atoms with Crippen molar-refractivity contribution in [1.29, 1.82) is 0 Å². The summed E-state index contributed by atoms with van der Waals surface area (Å²) < 4.78 is 0. The fourth-order valence-corrected chi connectivity index (χ4v) is 4.28.